The SMILES string of the molecule is CCCNC(=O)CSc1nnc(SCc2cccc(C(=O)NCc3ccco3)c2)s1. The molecule has 2 N–H and O–H groups in total. The molecule has 2 aromatic heterocycles. The van der Waals surface area contributed by atoms with Gasteiger partial charge in [-0.05, 0) is 36.2 Å². The Balaban J connectivity index is 1.46. The molecule has 0 aliphatic heterocycles. The summed E-state index contributed by atoms with van der Waals surface area (Å²) in [5.41, 5.74) is 1.63. The average Bonchev–Trinajstić information content (AvgIpc) is 3.45. The third-order valence-corrected chi connectivity index (χ3v) is 7.10. The van der Waals surface area contributed by atoms with Gasteiger partial charge in [-0.25, -0.2) is 0 Å². The van der Waals surface area contributed by atoms with Crippen molar-refractivity contribution in [3.05, 3.63) is 59.5 Å². The lowest BCUT2D eigenvalue weighted by Gasteiger charge is -2.05. The fourth-order valence-corrected chi connectivity index (χ4v) is 5.18. The van der Waals surface area contributed by atoms with E-state index in [2.05, 4.69) is 20.8 Å². The summed E-state index contributed by atoms with van der Waals surface area (Å²) in [6.07, 6.45) is 2.50. The highest BCUT2D eigenvalue weighted by Crippen LogP contribution is 2.30. The van der Waals surface area contributed by atoms with Crippen LogP contribution in [0.4, 0.5) is 0 Å². The summed E-state index contributed by atoms with van der Waals surface area (Å²) in [7, 11) is 0. The molecule has 0 aliphatic rings. The van der Waals surface area contributed by atoms with Crippen LogP contribution in [-0.4, -0.2) is 34.3 Å². The number of nitrogens with zero attached hydrogens (tertiary/aromatic N) is 2. The number of hydrogen-bond acceptors (Lipinski definition) is 8. The van der Waals surface area contributed by atoms with Gasteiger partial charge in [-0.3, -0.25) is 9.59 Å². The third-order valence-electron chi connectivity index (χ3n) is 3.84. The summed E-state index contributed by atoms with van der Waals surface area (Å²) in [5, 5.41) is 14.0. The molecule has 0 bridgehead atoms. The second-order valence-corrected chi connectivity index (χ2v) is 9.65. The van der Waals surface area contributed by atoms with Gasteiger partial charge in [0.2, 0.25) is 5.91 Å². The number of furan rings is 1. The monoisotopic (exact) mass is 462 g/mol. The lowest BCUT2D eigenvalue weighted by Crippen LogP contribution is -2.25. The van der Waals surface area contributed by atoms with Gasteiger partial charge in [0.1, 0.15) is 5.76 Å². The lowest BCUT2D eigenvalue weighted by atomic mass is 10.1. The summed E-state index contributed by atoms with van der Waals surface area (Å²) in [6.45, 7) is 3.06. The van der Waals surface area contributed by atoms with Gasteiger partial charge in [0.15, 0.2) is 8.68 Å². The number of rotatable bonds is 11. The van der Waals surface area contributed by atoms with Crippen molar-refractivity contribution in [3.63, 3.8) is 0 Å². The van der Waals surface area contributed by atoms with Crippen LogP contribution in [-0.2, 0) is 17.1 Å². The maximum absolute atomic E-state index is 12.3. The van der Waals surface area contributed by atoms with Gasteiger partial charge in [0.05, 0.1) is 18.6 Å². The zero-order valence-electron chi connectivity index (χ0n) is 16.4. The fraction of sp³-hybridized carbons (Fsp3) is 0.300. The predicted octanol–water partition coefficient (Wildman–Crippen LogP) is 3.97. The summed E-state index contributed by atoms with van der Waals surface area (Å²) in [6, 6.07) is 11.1. The molecule has 1 aromatic carbocycles. The molecule has 0 radical (unpaired) electrons. The normalized spacial score (nSPS) is 10.7. The van der Waals surface area contributed by atoms with Gasteiger partial charge in [-0.15, -0.1) is 10.2 Å². The molecule has 2 heterocycles. The van der Waals surface area contributed by atoms with Crippen molar-refractivity contribution in [2.24, 2.45) is 0 Å². The van der Waals surface area contributed by atoms with E-state index in [1.54, 1.807) is 30.2 Å². The van der Waals surface area contributed by atoms with E-state index in [0.717, 1.165) is 20.7 Å². The molecule has 0 unspecified atom stereocenters. The van der Waals surface area contributed by atoms with E-state index >= 15 is 0 Å². The molecule has 0 fully saturated rings. The van der Waals surface area contributed by atoms with Crippen LogP contribution >= 0.6 is 34.9 Å². The summed E-state index contributed by atoms with van der Waals surface area (Å²) in [5.74, 6) is 1.59. The highest BCUT2D eigenvalue weighted by molar-refractivity contribution is 8.03. The van der Waals surface area contributed by atoms with Crippen LogP contribution in [0.5, 0.6) is 0 Å². The molecule has 0 atom stereocenters. The van der Waals surface area contributed by atoms with Crippen LogP contribution in [0.2, 0.25) is 0 Å². The number of amides is 2. The topological polar surface area (TPSA) is 97.1 Å². The molecule has 3 rings (SSSR count). The second-order valence-electron chi connectivity index (χ2n) is 6.22. The molecule has 0 aliphatic carbocycles. The minimum atomic E-state index is -0.144. The molecule has 30 heavy (non-hydrogen) atoms. The first kappa shape index (κ1) is 22.4. The minimum absolute atomic E-state index is 0.00777. The number of carbonyl (C=O) groups is 2. The van der Waals surface area contributed by atoms with Gasteiger partial charge < -0.3 is 15.1 Å². The van der Waals surface area contributed by atoms with Gasteiger partial charge in [0.25, 0.3) is 5.91 Å². The highest BCUT2D eigenvalue weighted by Gasteiger charge is 2.10. The van der Waals surface area contributed by atoms with Gasteiger partial charge in [-0.1, -0.05) is 53.9 Å². The smallest absolute Gasteiger partial charge is 0.251 e. The van der Waals surface area contributed by atoms with Crippen molar-refractivity contribution in [3.8, 4) is 0 Å². The van der Waals surface area contributed by atoms with E-state index in [4.69, 9.17) is 4.42 Å². The van der Waals surface area contributed by atoms with Gasteiger partial charge >= 0.3 is 0 Å². The van der Waals surface area contributed by atoms with Crippen LogP contribution in [0.1, 0.15) is 35.0 Å². The van der Waals surface area contributed by atoms with Crippen molar-refractivity contribution in [1.82, 2.24) is 20.8 Å². The Bertz CT molecular complexity index is 960. The Morgan fingerprint density at radius 1 is 1.10 bits per heavy atom. The number of aromatic nitrogens is 2. The van der Waals surface area contributed by atoms with Crippen LogP contribution in [0, 0.1) is 0 Å². The quantitative estimate of drug-likeness (QED) is 0.416. The van der Waals surface area contributed by atoms with E-state index in [-0.39, 0.29) is 11.8 Å². The first-order valence-electron chi connectivity index (χ1n) is 9.39. The maximum atomic E-state index is 12.3. The maximum Gasteiger partial charge on any atom is 0.251 e. The standard InChI is InChI=1S/C20H22N4O3S3/c1-2-8-21-17(25)13-29-20-24-23-19(30-20)28-12-14-5-3-6-15(10-14)18(26)22-11-16-7-4-9-27-16/h3-7,9-10H,2,8,11-13H2,1H3,(H,21,25)(H,22,26). The molecule has 10 heteroatoms. The fourth-order valence-electron chi connectivity index (χ4n) is 2.39. The Hall–Kier alpha value is -2.30. The Morgan fingerprint density at radius 2 is 1.93 bits per heavy atom. The Labute approximate surface area is 187 Å². The van der Waals surface area contributed by atoms with E-state index in [0.29, 0.717) is 35.9 Å². The predicted molar refractivity (Wildman–Crippen MR) is 120 cm³/mol. The molecule has 0 saturated heterocycles. The number of carbonyl (C=O) groups excluding carboxylic acids is 2. The van der Waals surface area contributed by atoms with Crippen LogP contribution < -0.4 is 10.6 Å². The van der Waals surface area contributed by atoms with Crippen molar-refractivity contribution in [2.75, 3.05) is 12.3 Å². The number of thioether (sulfide) groups is 2. The summed E-state index contributed by atoms with van der Waals surface area (Å²) < 4.78 is 6.83. The Kier molecular flexibility index (Phi) is 8.79. The third kappa shape index (κ3) is 7.19. The van der Waals surface area contributed by atoms with Crippen LogP contribution in [0.25, 0.3) is 0 Å². The number of benzene rings is 1. The molecule has 0 spiro atoms. The lowest BCUT2D eigenvalue weighted by molar-refractivity contribution is -0.118. The molecule has 7 nitrogen and oxygen atoms in total. The molecule has 2 amide bonds. The van der Waals surface area contributed by atoms with E-state index in [9.17, 15) is 9.59 Å². The highest BCUT2D eigenvalue weighted by atomic mass is 32.2. The minimum Gasteiger partial charge on any atom is -0.467 e. The summed E-state index contributed by atoms with van der Waals surface area (Å²) in [4.78, 5) is 24.0. The first-order valence-corrected chi connectivity index (χ1v) is 12.2. The second kappa shape index (κ2) is 11.8. The number of nitrogens with one attached hydrogen (secondary N) is 2. The number of hydrogen-bond donors (Lipinski definition) is 2. The van der Waals surface area contributed by atoms with Gasteiger partial charge in [0, 0.05) is 17.9 Å². The van der Waals surface area contributed by atoms with Crippen molar-refractivity contribution < 1.29 is 14.0 Å². The van der Waals surface area contributed by atoms with Crippen molar-refractivity contribution in [2.45, 2.75) is 34.3 Å². The zero-order valence-corrected chi connectivity index (χ0v) is 18.9. The largest absolute Gasteiger partial charge is 0.467 e. The molecular weight excluding hydrogens is 440 g/mol. The van der Waals surface area contributed by atoms with Gasteiger partial charge in [-0.2, -0.15) is 0 Å². The Morgan fingerprint density at radius 3 is 2.70 bits per heavy atom. The van der Waals surface area contributed by atoms with Crippen molar-refractivity contribution in [1.29, 1.82) is 0 Å². The van der Waals surface area contributed by atoms with E-state index < -0.39 is 0 Å². The summed E-state index contributed by atoms with van der Waals surface area (Å²) >= 11 is 4.42. The zero-order chi connectivity index (χ0) is 21.2. The molecule has 158 valence electrons. The van der Waals surface area contributed by atoms with Crippen molar-refractivity contribution >= 4 is 46.7 Å². The average molecular weight is 463 g/mol. The van der Waals surface area contributed by atoms with E-state index in [1.807, 2.05) is 31.2 Å². The molecule has 0 saturated carbocycles. The molecular formula is C20H22N4O3S3. The first-order chi connectivity index (χ1) is 14.6. The van der Waals surface area contributed by atoms with E-state index in [1.165, 1.54) is 23.1 Å². The molecule has 3 aromatic rings. The van der Waals surface area contributed by atoms with Crippen LogP contribution in [0.3, 0.4) is 0 Å². The van der Waals surface area contributed by atoms with Crippen LogP contribution in [0.15, 0.2) is 55.8 Å².